The summed E-state index contributed by atoms with van der Waals surface area (Å²) in [6, 6.07) is 4.84. The Labute approximate surface area is 119 Å². The second kappa shape index (κ2) is 6.03. The molecule has 2 N–H and O–H groups in total. The lowest BCUT2D eigenvalue weighted by Gasteiger charge is -2.15. The van der Waals surface area contributed by atoms with Crippen molar-refractivity contribution >= 4 is 51.7 Å². The molecule has 1 aromatic heterocycles. The number of fused-ring (bicyclic) bond motifs is 1. The number of nitrogens with one attached hydrogen (secondary N) is 2. The predicted molar refractivity (Wildman–Crippen MR) is 79.7 cm³/mol. The molecule has 19 heavy (non-hydrogen) atoms. The summed E-state index contributed by atoms with van der Waals surface area (Å²) in [5.41, 5.74) is 3.33. The van der Waals surface area contributed by atoms with Gasteiger partial charge in [0, 0.05) is 18.4 Å². The summed E-state index contributed by atoms with van der Waals surface area (Å²) in [6.07, 6.45) is 0. The number of benzene rings is 1. The molecule has 1 atom stereocenters. The summed E-state index contributed by atoms with van der Waals surface area (Å²) in [5.74, 6) is -0.296. The smallest absolute Gasteiger partial charge is 0.247 e. The minimum Gasteiger partial charge on any atom is -0.344 e. The van der Waals surface area contributed by atoms with E-state index in [0.29, 0.717) is 5.69 Å². The third-order valence-electron chi connectivity index (χ3n) is 2.48. The van der Waals surface area contributed by atoms with Gasteiger partial charge in [-0.1, -0.05) is 0 Å². The number of nitrogens with zero attached hydrogens (tertiary/aromatic N) is 1. The van der Waals surface area contributed by atoms with Crippen molar-refractivity contribution in [2.45, 2.75) is 13.0 Å². The van der Waals surface area contributed by atoms with Crippen LogP contribution in [0.2, 0.25) is 0 Å². The van der Waals surface area contributed by atoms with Gasteiger partial charge in [-0.05, 0) is 18.2 Å². The molecule has 2 amide bonds. The molecule has 7 heteroatoms. The van der Waals surface area contributed by atoms with Crippen molar-refractivity contribution < 1.29 is 9.59 Å². The topological polar surface area (TPSA) is 71.1 Å². The molecule has 0 radical (unpaired) electrons. The first-order chi connectivity index (χ1) is 9.10. The molecule has 0 aliphatic rings. The van der Waals surface area contributed by atoms with Crippen LogP contribution in [0.3, 0.4) is 0 Å². The van der Waals surface area contributed by atoms with Gasteiger partial charge in [-0.25, -0.2) is 4.98 Å². The number of hydrogen-bond acceptors (Lipinski definition) is 5. The molecule has 0 saturated carbocycles. The fourth-order valence-electron chi connectivity index (χ4n) is 1.60. The second-order valence-corrected chi connectivity index (χ2v) is 5.21. The highest BCUT2D eigenvalue weighted by atomic mass is 32.1. The number of carbonyl (C=O) groups is 2. The Kier molecular flexibility index (Phi) is 4.39. The molecule has 1 aromatic carbocycles. The lowest BCUT2D eigenvalue weighted by Crippen LogP contribution is -2.44. The molecule has 1 unspecified atom stereocenters. The van der Waals surface area contributed by atoms with Gasteiger partial charge in [0.2, 0.25) is 11.8 Å². The van der Waals surface area contributed by atoms with E-state index < -0.39 is 6.04 Å². The van der Waals surface area contributed by atoms with Gasteiger partial charge in [0.15, 0.2) is 0 Å². The minimum absolute atomic E-state index is 0.244. The molecule has 1 heterocycles. The maximum Gasteiger partial charge on any atom is 0.247 e. The van der Waals surface area contributed by atoms with E-state index in [-0.39, 0.29) is 17.6 Å². The number of thiol groups is 1. The van der Waals surface area contributed by atoms with Crippen molar-refractivity contribution in [2.75, 3.05) is 11.1 Å². The van der Waals surface area contributed by atoms with E-state index in [9.17, 15) is 9.59 Å². The summed E-state index contributed by atoms with van der Waals surface area (Å²) in [4.78, 5) is 27.1. The fourth-order valence-corrected chi connectivity index (χ4v) is 2.58. The first-order valence-corrected chi connectivity index (χ1v) is 7.13. The molecule has 0 spiro atoms. The summed E-state index contributed by atoms with van der Waals surface area (Å²) >= 11 is 5.57. The van der Waals surface area contributed by atoms with Crippen LogP contribution in [0.25, 0.3) is 10.2 Å². The SMILES string of the molecule is CC(=O)NC(CS)C(=O)Nc1ccc2ncsc2c1. The van der Waals surface area contributed by atoms with Crippen LogP contribution in [-0.2, 0) is 9.59 Å². The van der Waals surface area contributed by atoms with Crippen LogP contribution in [0.1, 0.15) is 6.92 Å². The Bertz CT molecular complexity index is 612. The number of carbonyl (C=O) groups excluding carboxylic acids is 2. The average molecular weight is 295 g/mol. The van der Waals surface area contributed by atoms with Gasteiger partial charge in [0.05, 0.1) is 15.7 Å². The number of amides is 2. The van der Waals surface area contributed by atoms with Crippen LogP contribution in [0.5, 0.6) is 0 Å². The number of rotatable bonds is 4. The Hall–Kier alpha value is -1.60. The van der Waals surface area contributed by atoms with E-state index in [0.717, 1.165) is 10.2 Å². The molecule has 0 bridgehead atoms. The van der Waals surface area contributed by atoms with Gasteiger partial charge in [0.1, 0.15) is 6.04 Å². The minimum atomic E-state index is -0.641. The van der Waals surface area contributed by atoms with Gasteiger partial charge in [-0.3, -0.25) is 9.59 Å². The van der Waals surface area contributed by atoms with Gasteiger partial charge < -0.3 is 10.6 Å². The zero-order chi connectivity index (χ0) is 13.8. The third-order valence-corrected chi connectivity index (χ3v) is 3.63. The Morgan fingerprint density at radius 3 is 2.95 bits per heavy atom. The van der Waals surface area contributed by atoms with Crippen LogP contribution in [0.4, 0.5) is 5.69 Å². The van der Waals surface area contributed by atoms with Crippen LogP contribution in [-0.4, -0.2) is 28.6 Å². The van der Waals surface area contributed by atoms with E-state index in [1.54, 1.807) is 11.6 Å². The van der Waals surface area contributed by atoms with Crippen LogP contribution >= 0.6 is 24.0 Å². The second-order valence-electron chi connectivity index (χ2n) is 3.96. The monoisotopic (exact) mass is 295 g/mol. The van der Waals surface area contributed by atoms with Crippen molar-refractivity contribution in [3.8, 4) is 0 Å². The molecular formula is C12H13N3O2S2. The Morgan fingerprint density at radius 1 is 1.47 bits per heavy atom. The van der Waals surface area contributed by atoms with Crippen molar-refractivity contribution in [1.82, 2.24) is 10.3 Å². The van der Waals surface area contributed by atoms with Crippen LogP contribution in [0.15, 0.2) is 23.7 Å². The molecule has 0 fully saturated rings. The quantitative estimate of drug-likeness (QED) is 0.751. The molecule has 0 aliphatic carbocycles. The normalized spacial score (nSPS) is 12.1. The van der Waals surface area contributed by atoms with E-state index >= 15 is 0 Å². The van der Waals surface area contributed by atoms with E-state index in [1.807, 2.05) is 12.1 Å². The summed E-state index contributed by atoms with van der Waals surface area (Å²) in [5, 5.41) is 5.30. The molecule has 0 aliphatic heterocycles. The summed E-state index contributed by atoms with van der Waals surface area (Å²) in [6.45, 7) is 1.37. The summed E-state index contributed by atoms with van der Waals surface area (Å²) < 4.78 is 1.000. The number of anilines is 1. The van der Waals surface area contributed by atoms with Crippen molar-refractivity contribution in [3.05, 3.63) is 23.7 Å². The first kappa shape index (κ1) is 13.8. The Morgan fingerprint density at radius 2 is 2.26 bits per heavy atom. The molecular weight excluding hydrogens is 282 g/mol. The number of hydrogen-bond donors (Lipinski definition) is 3. The fraction of sp³-hybridized carbons (Fsp3) is 0.250. The van der Waals surface area contributed by atoms with Crippen molar-refractivity contribution in [2.24, 2.45) is 0 Å². The number of aromatic nitrogens is 1. The highest BCUT2D eigenvalue weighted by Crippen LogP contribution is 2.21. The van der Waals surface area contributed by atoms with Gasteiger partial charge in [-0.2, -0.15) is 12.6 Å². The lowest BCUT2D eigenvalue weighted by atomic mass is 10.2. The number of thiazole rings is 1. The van der Waals surface area contributed by atoms with E-state index in [4.69, 9.17) is 0 Å². The molecule has 5 nitrogen and oxygen atoms in total. The standard InChI is InChI=1S/C12H13N3O2S2/c1-7(16)14-10(5-18)12(17)15-8-2-3-9-11(4-8)19-6-13-9/h2-4,6,10,18H,5H2,1H3,(H,14,16)(H,15,17). The van der Waals surface area contributed by atoms with Crippen molar-refractivity contribution in [1.29, 1.82) is 0 Å². The average Bonchev–Trinajstić information content (AvgIpc) is 2.82. The summed E-state index contributed by atoms with van der Waals surface area (Å²) in [7, 11) is 0. The van der Waals surface area contributed by atoms with Crippen LogP contribution in [0, 0.1) is 0 Å². The zero-order valence-electron chi connectivity index (χ0n) is 10.2. The van der Waals surface area contributed by atoms with E-state index in [2.05, 4.69) is 28.2 Å². The Balaban J connectivity index is 2.10. The lowest BCUT2D eigenvalue weighted by molar-refractivity contribution is -0.124. The predicted octanol–water partition coefficient (Wildman–Crippen LogP) is 1.67. The zero-order valence-corrected chi connectivity index (χ0v) is 11.9. The molecule has 2 rings (SSSR count). The van der Waals surface area contributed by atoms with Crippen molar-refractivity contribution in [3.63, 3.8) is 0 Å². The molecule has 100 valence electrons. The molecule has 0 saturated heterocycles. The third kappa shape index (κ3) is 3.45. The highest BCUT2D eigenvalue weighted by Gasteiger charge is 2.17. The van der Waals surface area contributed by atoms with Gasteiger partial charge in [0.25, 0.3) is 0 Å². The van der Waals surface area contributed by atoms with Crippen LogP contribution < -0.4 is 10.6 Å². The first-order valence-electron chi connectivity index (χ1n) is 5.62. The highest BCUT2D eigenvalue weighted by molar-refractivity contribution is 7.80. The molecule has 2 aromatic rings. The maximum absolute atomic E-state index is 12.0. The van der Waals surface area contributed by atoms with Gasteiger partial charge >= 0.3 is 0 Å². The van der Waals surface area contributed by atoms with Gasteiger partial charge in [-0.15, -0.1) is 11.3 Å². The maximum atomic E-state index is 12.0. The largest absolute Gasteiger partial charge is 0.344 e. The van der Waals surface area contributed by atoms with E-state index in [1.165, 1.54) is 18.3 Å².